The third kappa shape index (κ3) is 3.70. The highest BCUT2D eigenvalue weighted by molar-refractivity contribution is 6.31. The largest absolute Gasteiger partial charge is 0.478 e. The van der Waals surface area contributed by atoms with Crippen LogP contribution < -0.4 is 4.74 Å². The van der Waals surface area contributed by atoms with Crippen LogP contribution in [-0.4, -0.2) is 23.4 Å². The van der Waals surface area contributed by atoms with Gasteiger partial charge in [0.1, 0.15) is 5.75 Å². The molecule has 0 saturated carbocycles. The second-order valence-corrected chi connectivity index (χ2v) is 6.50. The van der Waals surface area contributed by atoms with Crippen molar-refractivity contribution in [2.75, 3.05) is 0 Å². The molecule has 0 radical (unpaired) electrons. The van der Waals surface area contributed by atoms with Gasteiger partial charge in [0.2, 0.25) is 6.10 Å². The van der Waals surface area contributed by atoms with Gasteiger partial charge in [-0.1, -0.05) is 41.4 Å². The Balaban J connectivity index is 2.00. The second-order valence-electron chi connectivity index (χ2n) is 6.09. The lowest BCUT2D eigenvalue weighted by Gasteiger charge is -2.27. The minimum absolute atomic E-state index is 0.0381. The Morgan fingerprint density at radius 2 is 1.88 bits per heavy atom. The molecular formula is C19H14ClF3O3. The van der Waals surface area contributed by atoms with Crippen LogP contribution in [0.2, 0.25) is 5.02 Å². The van der Waals surface area contributed by atoms with Crippen molar-refractivity contribution in [2.24, 2.45) is 0 Å². The Morgan fingerprint density at radius 3 is 2.46 bits per heavy atom. The predicted molar refractivity (Wildman–Crippen MR) is 91.5 cm³/mol. The molecule has 0 spiro atoms. The standard InChI is InChI=1S/C19H14ClF3O3/c1-10-2-4-11(5-3-10)6-12-9-16-13(8-15(12)20)7-14(18(24)25)17(26-16)19(21,22)23/h2-5,7-9,17H,6H2,1H3,(H,24,25)/t17-/m1/s1. The third-order valence-corrected chi connectivity index (χ3v) is 4.43. The van der Waals surface area contributed by atoms with E-state index >= 15 is 0 Å². The van der Waals surface area contributed by atoms with Crippen molar-refractivity contribution in [1.29, 1.82) is 0 Å². The number of benzene rings is 2. The van der Waals surface area contributed by atoms with E-state index in [9.17, 15) is 18.0 Å². The number of carboxylic acid groups (broad SMARTS) is 1. The van der Waals surface area contributed by atoms with Gasteiger partial charge in [-0.3, -0.25) is 0 Å². The van der Waals surface area contributed by atoms with Crippen LogP contribution >= 0.6 is 11.6 Å². The zero-order valence-corrected chi connectivity index (χ0v) is 14.4. The van der Waals surface area contributed by atoms with Crippen LogP contribution in [0, 0.1) is 6.92 Å². The number of aliphatic carboxylic acids is 1. The fourth-order valence-electron chi connectivity index (χ4n) is 2.74. The van der Waals surface area contributed by atoms with Gasteiger partial charge in [0.25, 0.3) is 0 Å². The zero-order valence-electron chi connectivity index (χ0n) is 13.6. The van der Waals surface area contributed by atoms with Crippen molar-refractivity contribution in [1.82, 2.24) is 0 Å². The Morgan fingerprint density at radius 1 is 1.23 bits per heavy atom. The minimum Gasteiger partial charge on any atom is -0.478 e. The van der Waals surface area contributed by atoms with E-state index in [2.05, 4.69) is 0 Å². The number of carboxylic acids is 1. The Bertz CT molecular complexity index is 886. The number of ether oxygens (including phenoxy) is 1. The first kappa shape index (κ1) is 18.3. The lowest BCUT2D eigenvalue weighted by molar-refractivity contribution is -0.187. The van der Waals surface area contributed by atoms with E-state index < -0.39 is 23.8 Å². The minimum atomic E-state index is -4.83. The number of halogens is 4. The van der Waals surface area contributed by atoms with Crippen LogP contribution in [0.15, 0.2) is 42.0 Å². The van der Waals surface area contributed by atoms with Gasteiger partial charge in [-0.25, -0.2) is 4.79 Å². The van der Waals surface area contributed by atoms with Crippen LogP contribution in [0.3, 0.4) is 0 Å². The van der Waals surface area contributed by atoms with Gasteiger partial charge < -0.3 is 9.84 Å². The number of hydrogen-bond donors (Lipinski definition) is 1. The molecule has 2 aromatic carbocycles. The highest BCUT2D eigenvalue weighted by Crippen LogP contribution is 2.39. The Labute approximate surface area is 152 Å². The van der Waals surface area contributed by atoms with Crippen LogP contribution in [0.4, 0.5) is 13.2 Å². The van der Waals surface area contributed by atoms with Crippen molar-refractivity contribution in [3.8, 4) is 5.75 Å². The van der Waals surface area contributed by atoms with Crippen molar-refractivity contribution in [3.05, 3.63) is 69.2 Å². The summed E-state index contributed by atoms with van der Waals surface area (Å²) in [5.41, 5.74) is 1.98. The molecule has 0 amide bonds. The van der Waals surface area contributed by atoms with E-state index in [0.29, 0.717) is 17.0 Å². The second kappa shape index (κ2) is 6.68. The van der Waals surface area contributed by atoms with Gasteiger partial charge in [-0.2, -0.15) is 13.2 Å². The van der Waals surface area contributed by atoms with Gasteiger partial charge in [0.05, 0.1) is 5.57 Å². The van der Waals surface area contributed by atoms with Crippen molar-refractivity contribution in [2.45, 2.75) is 25.6 Å². The predicted octanol–water partition coefficient (Wildman–Crippen LogP) is 5.03. The number of alkyl halides is 3. The van der Waals surface area contributed by atoms with Gasteiger partial charge in [0.15, 0.2) is 0 Å². The lowest BCUT2D eigenvalue weighted by Crippen LogP contribution is -2.40. The number of aryl methyl sites for hydroxylation is 1. The summed E-state index contributed by atoms with van der Waals surface area (Å²) < 4.78 is 44.5. The maximum Gasteiger partial charge on any atom is 0.430 e. The number of carbonyl (C=O) groups is 1. The van der Waals surface area contributed by atoms with Crippen LogP contribution in [0.25, 0.3) is 6.08 Å². The third-order valence-electron chi connectivity index (χ3n) is 4.08. The summed E-state index contributed by atoms with van der Waals surface area (Å²) in [6.45, 7) is 1.95. The molecule has 0 saturated heterocycles. The fourth-order valence-corrected chi connectivity index (χ4v) is 2.98. The molecule has 1 heterocycles. The summed E-state index contributed by atoms with van der Waals surface area (Å²) in [4.78, 5) is 11.2. The molecule has 1 N–H and O–H groups in total. The topological polar surface area (TPSA) is 46.5 Å². The lowest BCUT2D eigenvalue weighted by atomic mass is 9.97. The summed E-state index contributed by atoms with van der Waals surface area (Å²) in [5, 5.41) is 9.39. The smallest absolute Gasteiger partial charge is 0.430 e. The van der Waals surface area contributed by atoms with E-state index in [4.69, 9.17) is 21.4 Å². The quantitative estimate of drug-likeness (QED) is 0.809. The molecule has 0 aliphatic carbocycles. The van der Waals surface area contributed by atoms with Gasteiger partial charge in [-0.15, -0.1) is 0 Å². The Kier molecular flexibility index (Phi) is 4.71. The fraction of sp³-hybridized carbons (Fsp3) is 0.211. The van der Waals surface area contributed by atoms with E-state index in [0.717, 1.165) is 17.2 Å². The summed E-state index contributed by atoms with van der Waals surface area (Å²) >= 11 is 6.24. The molecule has 3 rings (SSSR count). The first-order valence-electron chi connectivity index (χ1n) is 7.71. The summed E-state index contributed by atoms with van der Waals surface area (Å²) in [6, 6.07) is 10.5. The molecule has 1 aliphatic rings. The molecule has 136 valence electrons. The summed E-state index contributed by atoms with van der Waals surface area (Å²) in [7, 11) is 0. The van der Waals surface area contributed by atoms with Crippen LogP contribution in [0.1, 0.15) is 22.3 Å². The molecule has 1 atom stereocenters. The SMILES string of the molecule is Cc1ccc(Cc2cc3c(cc2Cl)C=C(C(=O)O)[C@H](C(F)(F)F)O3)cc1. The van der Waals surface area contributed by atoms with Gasteiger partial charge >= 0.3 is 12.1 Å². The van der Waals surface area contributed by atoms with Gasteiger partial charge in [0, 0.05) is 10.6 Å². The zero-order chi connectivity index (χ0) is 19.1. The van der Waals surface area contributed by atoms with Gasteiger partial charge in [-0.05, 0) is 42.7 Å². The average Bonchev–Trinajstić information content (AvgIpc) is 2.55. The van der Waals surface area contributed by atoms with E-state index in [1.165, 1.54) is 12.1 Å². The maximum atomic E-state index is 13.2. The average molecular weight is 383 g/mol. The molecule has 3 nitrogen and oxygen atoms in total. The molecule has 0 bridgehead atoms. The first-order chi connectivity index (χ1) is 12.1. The monoisotopic (exact) mass is 382 g/mol. The number of hydrogen-bond acceptors (Lipinski definition) is 2. The van der Waals surface area contributed by atoms with Crippen molar-refractivity contribution in [3.63, 3.8) is 0 Å². The number of fused-ring (bicyclic) bond motifs is 1. The highest BCUT2D eigenvalue weighted by atomic mass is 35.5. The van der Waals surface area contributed by atoms with Crippen molar-refractivity contribution < 1.29 is 27.8 Å². The molecule has 2 aromatic rings. The van der Waals surface area contributed by atoms with Crippen LogP contribution in [0.5, 0.6) is 5.75 Å². The molecular weight excluding hydrogens is 369 g/mol. The highest BCUT2D eigenvalue weighted by Gasteiger charge is 2.48. The summed E-state index contributed by atoms with van der Waals surface area (Å²) in [5.74, 6) is -1.72. The van der Waals surface area contributed by atoms with E-state index in [1.54, 1.807) is 0 Å². The molecule has 1 aliphatic heterocycles. The molecule has 7 heteroatoms. The van der Waals surface area contributed by atoms with Crippen molar-refractivity contribution >= 4 is 23.6 Å². The summed E-state index contributed by atoms with van der Waals surface area (Å²) in [6.07, 6.45) is -5.97. The van der Waals surface area contributed by atoms with E-state index in [1.807, 2.05) is 31.2 Å². The van der Waals surface area contributed by atoms with E-state index in [-0.39, 0.29) is 11.3 Å². The Hall–Kier alpha value is -2.47. The maximum absolute atomic E-state index is 13.2. The molecule has 0 fully saturated rings. The normalized spacial score (nSPS) is 16.5. The van der Waals surface area contributed by atoms with Crippen LogP contribution in [-0.2, 0) is 11.2 Å². The molecule has 0 aromatic heterocycles. The number of rotatable bonds is 3. The first-order valence-corrected chi connectivity index (χ1v) is 8.09. The molecule has 0 unspecified atom stereocenters. The molecule has 26 heavy (non-hydrogen) atoms.